The fourth-order valence-electron chi connectivity index (χ4n) is 3.85. The molecule has 0 aliphatic heterocycles. The van der Waals surface area contributed by atoms with E-state index in [0.717, 1.165) is 12.1 Å². The monoisotopic (exact) mass is 509 g/mol. The zero-order valence-electron chi connectivity index (χ0n) is 19.3. The first-order valence-corrected chi connectivity index (χ1v) is 11.9. The third-order valence-corrected chi connectivity index (χ3v) is 7.03. The van der Waals surface area contributed by atoms with Crippen molar-refractivity contribution in [1.29, 1.82) is 0 Å². The molecule has 4 aromatic rings. The van der Waals surface area contributed by atoms with E-state index in [1.165, 1.54) is 23.6 Å². The standard InChI is InChI=1S/C23H19N5O7S/c1-13-10-16(26-15(3)24-20-7-5-4-6-18(20)23(26)29)8-9-19(13)25-36(34,35)17-11-21(27(30)31)14(2)22(12-17)28(32)33/h4-12,25H,1-3H3. The lowest BCUT2D eigenvalue weighted by molar-refractivity contribution is -0.395. The minimum Gasteiger partial charge on any atom is -0.279 e. The van der Waals surface area contributed by atoms with Gasteiger partial charge in [-0.2, -0.15) is 0 Å². The van der Waals surface area contributed by atoms with Gasteiger partial charge < -0.3 is 0 Å². The van der Waals surface area contributed by atoms with Crippen molar-refractivity contribution in [2.75, 3.05) is 4.72 Å². The number of sulfonamides is 1. The van der Waals surface area contributed by atoms with Crippen LogP contribution in [0.25, 0.3) is 16.6 Å². The predicted octanol–water partition coefficient (Wildman–Crippen LogP) is 3.93. The quantitative estimate of drug-likeness (QED) is 0.301. The van der Waals surface area contributed by atoms with Gasteiger partial charge in [0.05, 0.1) is 32.1 Å². The van der Waals surface area contributed by atoms with E-state index in [1.807, 2.05) is 0 Å². The molecular weight excluding hydrogens is 490 g/mol. The fourth-order valence-corrected chi connectivity index (χ4v) is 5.02. The third kappa shape index (κ3) is 4.27. The van der Waals surface area contributed by atoms with Crippen molar-refractivity contribution in [2.24, 2.45) is 0 Å². The van der Waals surface area contributed by atoms with E-state index in [-0.39, 0.29) is 16.8 Å². The molecule has 0 fully saturated rings. The molecule has 0 aliphatic rings. The highest BCUT2D eigenvalue weighted by molar-refractivity contribution is 7.92. The zero-order valence-corrected chi connectivity index (χ0v) is 20.1. The lowest BCUT2D eigenvalue weighted by Crippen LogP contribution is -2.22. The Morgan fingerprint density at radius 1 is 0.917 bits per heavy atom. The maximum absolute atomic E-state index is 13.1. The zero-order chi connectivity index (χ0) is 26.4. The van der Waals surface area contributed by atoms with E-state index in [2.05, 4.69) is 9.71 Å². The second kappa shape index (κ2) is 8.85. The summed E-state index contributed by atoms with van der Waals surface area (Å²) in [6, 6.07) is 13.0. The summed E-state index contributed by atoms with van der Waals surface area (Å²) >= 11 is 0. The molecule has 0 radical (unpaired) electrons. The number of nitrogens with zero attached hydrogens (tertiary/aromatic N) is 4. The number of benzene rings is 3. The molecule has 1 heterocycles. The Balaban J connectivity index is 1.76. The van der Waals surface area contributed by atoms with E-state index < -0.39 is 36.1 Å². The number of hydrogen-bond acceptors (Lipinski definition) is 8. The molecule has 0 saturated carbocycles. The molecule has 0 bridgehead atoms. The second-order valence-corrected chi connectivity index (χ2v) is 9.70. The molecule has 4 rings (SSSR count). The van der Waals surface area contributed by atoms with Crippen LogP contribution in [0.5, 0.6) is 0 Å². The first-order chi connectivity index (χ1) is 16.9. The highest BCUT2D eigenvalue weighted by Gasteiger charge is 2.28. The molecule has 12 nitrogen and oxygen atoms in total. The molecule has 36 heavy (non-hydrogen) atoms. The smallest absolute Gasteiger partial charge is 0.279 e. The number of para-hydroxylation sites is 1. The summed E-state index contributed by atoms with van der Waals surface area (Å²) in [4.78, 5) is 37.8. The van der Waals surface area contributed by atoms with Crippen LogP contribution in [0.4, 0.5) is 17.1 Å². The molecule has 184 valence electrons. The third-order valence-electron chi connectivity index (χ3n) is 5.69. The van der Waals surface area contributed by atoms with Gasteiger partial charge in [0.25, 0.3) is 27.0 Å². The Bertz CT molecular complexity index is 1710. The van der Waals surface area contributed by atoms with Gasteiger partial charge in [-0.1, -0.05) is 12.1 Å². The fraction of sp³-hybridized carbons (Fsp3) is 0.130. The summed E-state index contributed by atoms with van der Waals surface area (Å²) in [5.74, 6) is 0.436. The van der Waals surface area contributed by atoms with Crippen molar-refractivity contribution in [2.45, 2.75) is 25.7 Å². The number of aromatic nitrogens is 2. The van der Waals surface area contributed by atoms with Gasteiger partial charge in [-0.3, -0.25) is 34.3 Å². The van der Waals surface area contributed by atoms with Gasteiger partial charge in [0.1, 0.15) is 16.3 Å². The van der Waals surface area contributed by atoms with E-state index in [4.69, 9.17) is 0 Å². The van der Waals surface area contributed by atoms with Crippen LogP contribution in [-0.4, -0.2) is 27.8 Å². The van der Waals surface area contributed by atoms with Gasteiger partial charge in [0.2, 0.25) is 0 Å². The minimum atomic E-state index is -4.43. The largest absolute Gasteiger partial charge is 0.280 e. The summed E-state index contributed by atoms with van der Waals surface area (Å²) < 4.78 is 29.7. The summed E-state index contributed by atoms with van der Waals surface area (Å²) in [6.07, 6.45) is 0. The van der Waals surface area contributed by atoms with Gasteiger partial charge in [0.15, 0.2) is 0 Å². The number of anilines is 1. The van der Waals surface area contributed by atoms with E-state index in [9.17, 15) is 33.4 Å². The Hall–Kier alpha value is -4.65. The number of hydrogen-bond donors (Lipinski definition) is 1. The van der Waals surface area contributed by atoms with Crippen molar-refractivity contribution in [3.8, 4) is 5.69 Å². The van der Waals surface area contributed by atoms with Crippen molar-refractivity contribution >= 4 is 38.0 Å². The molecule has 0 spiro atoms. The SMILES string of the molecule is Cc1cc(-n2c(C)nc3ccccc3c2=O)ccc1NS(=O)(=O)c1cc([N+](=O)[O-])c(C)c([N+](=O)[O-])c1. The van der Waals surface area contributed by atoms with Crippen LogP contribution in [0.3, 0.4) is 0 Å². The lowest BCUT2D eigenvalue weighted by atomic mass is 10.1. The van der Waals surface area contributed by atoms with Crippen molar-refractivity contribution in [3.63, 3.8) is 0 Å². The van der Waals surface area contributed by atoms with Gasteiger partial charge in [-0.15, -0.1) is 0 Å². The Morgan fingerprint density at radius 3 is 2.11 bits per heavy atom. The minimum absolute atomic E-state index is 0.129. The molecule has 1 aromatic heterocycles. The highest BCUT2D eigenvalue weighted by Crippen LogP contribution is 2.32. The number of nitro benzene ring substituents is 2. The number of fused-ring (bicyclic) bond motifs is 1. The van der Waals surface area contributed by atoms with Crippen LogP contribution < -0.4 is 10.3 Å². The van der Waals surface area contributed by atoms with Crippen molar-refractivity contribution in [3.05, 3.63) is 102 Å². The van der Waals surface area contributed by atoms with Gasteiger partial charge in [-0.05, 0) is 56.7 Å². The van der Waals surface area contributed by atoms with Gasteiger partial charge in [-0.25, -0.2) is 13.4 Å². The molecule has 0 saturated heterocycles. The molecule has 0 unspecified atom stereocenters. The van der Waals surface area contributed by atoms with Gasteiger partial charge in [0, 0.05) is 12.1 Å². The van der Waals surface area contributed by atoms with E-state index in [1.54, 1.807) is 44.2 Å². The van der Waals surface area contributed by atoms with Crippen LogP contribution in [-0.2, 0) is 10.0 Å². The van der Waals surface area contributed by atoms with Crippen LogP contribution >= 0.6 is 0 Å². The number of aryl methyl sites for hydroxylation is 2. The van der Waals surface area contributed by atoms with Crippen LogP contribution in [0.2, 0.25) is 0 Å². The van der Waals surface area contributed by atoms with Crippen LogP contribution in [0.1, 0.15) is 17.0 Å². The van der Waals surface area contributed by atoms with E-state index >= 15 is 0 Å². The molecule has 0 amide bonds. The van der Waals surface area contributed by atoms with Crippen molar-refractivity contribution in [1.82, 2.24) is 9.55 Å². The molecule has 13 heteroatoms. The topological polar surface area (TPSA) is 167 Å². The summed E-state index contributed by atoms with van der Waals surface area (Å²) in [7, 11) is -4.43. The lowest BCUT2D eigenvalue weighted by Gasteiger charge is -2.15. The number of nitro groups is 2. The van der Waals surface area contributed by atoms with Crippen LogP contribution in [0.15, 0.2) is 64.3 Å². The maximum atomic E-state index is 13.1. The van der Waals surface area contributed by atoms with Gasteiger partial charge >= 0.3 is 0 Å². The Morgan fingerprint density at radius 2 is 1.53 bits per heavy atom. The number of nitrogens with one attached hydrogen (secondary N) is 1. The normalized spacial score (nSPS) is 11.4. The molecule has 1 N–H and O–H groups in total. The van der Waals surface area contributed by atoms with Crippen molar-refractivity contribution < 1.29 is 18.3 Å². The first kappa shape index (κ1) is 24.5. The molecule has 0 aliphatic carbocycles. The van der Waals surface area contributed by atoms with E-state index in [0.29, 0.717) is 28.0 Å². The number of rotatable bonds is 6. The Kier molecular flexibility index (Phi) is 6.02. The predicted molar refractivity (Wildman–Crippen MR) is 132 cm³/mol. The molecule has 0 atom stereocenters. The second-order valence-electron chi connectivity index (χ2n) is 8.02. The highest BCUT2D eigenvalue weighted by atomic mass is 32.2. The first-order valence-electron chi connectivity index (χ1n) is 10.5. The average molecular weight is 510 g/mol. The summed E-state index contributed by atoms with van der Waals surface area (Å²) in [5, 5.41) is 23.1. The Labute approximate surface area is 204 Å². The van der Waals surface area contributed by atoms with Crippen LogP contribution in [0, 0.1) is 41.0 Å². The maximum Gasteiger partial charge on any atom is 0.280 e. The molecular formula is C23H19N5O7S. The molecule has 3 aromatic carbocycles. The summed E-state index contributed by atoms with van der Waals surface area (Å²) in [5.41, 5.74) is -0.336. The summed E-state index contributed by atoms with van der Waals surface area (Å²) in [6.45, 7) is 4.46. The average Bonchev–Trinajstić information content (AvgIpc) is 2.80.